The number of rotatable bonds is 7. The second-order valence-electron chi connectivity index (χ2n) is 8.15. The molecule has 0 radical (unpaired) electrons. The van der Waals surface area contributed by atoms with Gasteiger partial charge in [0.15, 0.2) is 0 Å². The Hall–Kier alpha value is -1.35. The van der Waals surface area contributed by atoms with Gasteiger partial charge in [-0.15, -0.1) is 0 Å². The van der Waals surface area contributed by atoms with E-state index in [1.165, 1.54) is 18.4 Å². The quantitative estimate of drug-likeness (QED) is 0.473. The number of carbonyl (C=O) groups excluding carboxylic acids is 1. The van der Waals surface area contributed by atoms with Crippen LogP contribution in [-0.2, 0) is 16.0 Å². The summed E-state index contributed by atoms with van der Waals surface area (Å²) in [5, 5.41) is 0. The van der Waals surface area contributed by atoms with Crippen LogP contribution in [0.15, 0.2) is 24.3 Å². The van der Waals surface area contributed by atoms with Gasteiger partial charge in [-0.1, -0.05) is 32.4 Å². The van der Waals surface area contributed by atoms with Crippen LogP contribution in [-0.4, -0.2) is 18.7 Å². The Morgan fingerprint density at radius 3 is 2.42 bits per heavy atom. The van der Waals surface area contributed by atoms with Crippen molar-refractivity contribution in [2.24, 2.45) is 17.8 Å². The van der Waals surface area contributed by atoms with Crippen molar-refractivity contribution in [2.75, 3.05) is 6.61 Å². The fourth-order valence-corrected chi connectivity index (χ4v) is 4.71. The van der Waals surface area contributed by atoms with Crippen molar-refractivity contribution in [3.63, 3.8) is 0 Å². The third-order valence-electron chi connectivity index (χ3n) is 6.14. The van der Waals surface area contributed by atoms with Crippen molar-refractivity contribution >= 4 is 5.97 Å². The zero-order valence-electron chi connectivity index (χ0n) is 16.4. The average molecular weight is 359 g/mol. The highest BCUT2D eigenvalue weighted by atomic mass is 16.5. The van der Waals surface area contributed by atoms with Crippen molar-refractivity contribution in [1.82, 2.24) is 0 Å². The summed E-state index contributed by atoms with van der Waals surface area (Å²) in [7, 11) is 0. The van der Waals surface area contributed by atoms with Gasteiger partial charge in [0, 0.05) is 6.61 Å². The lowest BCUT2D eigenvalue weighted by atomic mass is 9.67. The summed E-state index contributed by atoms with van der Waals surface area (Å²) in [6.45, 7) is 5.22. The van der Waals surface area contributed by atoms with Gasteiger partial charge in [-0.05, 0) is 80.9 Å². The van der Waals surface area contributed by atoms with Crippen molar-refractivity contribution in [2.45, 2.75) is 77.7 Å². The van der Waals surface area contributed by atoms with Gasteiger partial charge in [-0.25, -0.2) is 0 Å². The summed E-state index contributed by atoms with van der Waals surface area (Å²) < 4.78 is 11.6. The smallest absolute Gasteiger partial charge is 0.314 e. The minimum atomic E-state index is -0.0314. The predicted molar refractivity (Wildman–Crippen MR) is 104 cm³/mol. The van der Waals surface area contributed by atoms with Gasteiger partial charge >= 0.3 is 5.97 Å². The molecule has 2 aliphatic carbocycles. The van der Waals surface area contributed by atoms with Crippen LogP contribution < -0.4 is 4.74 Å². The largest absolute Gasteiger partial charge is 0.426 e. The van der Waals surface area contributed by atoms with Crippen molar-refractivity contribution < 1.29 is 14.3 Å². The molecule has 0 spiro atoms. The highest BCUT2D eigenvalue weighted by molar-refractivity contribution is 5.75. The molecule has 0 heterocycles. The maximum Gasteiger partial charge on any atom is 0.314 e. The van der Waals surface area contributed by atoms with E-state index in [1.54, 1.807) is 0 Å². The van der Waals surface area contributed by atoms with E-state index in [9.17, 15) is 4.79 Å². The molecular formula is C23H34O3. The Kier molecular flexibility index (Phi) is 7.13. The van der Waals surface area contributed by atoms with E-state index in [4.69, 9.17) is 9.47 Å². The number of ether oxygens (including phenoxy) is 2. The first kappa shape index (κ1) is 19.4. The highest BCUT2D eigenvalue weighted by Gasteiger charge is 2.38. The van der Waals surface area contributed by atoms with Gasteiger partial charge in [0.05, 0.1) is 12.0 Å². The van der Waals surface area contributed by atoms with Crippen LogP contribution >= 0.6 is 0 Å². The standard InChI is InChI=1S/C23H34O3/c1-3-5-17-6-11-21(12-7-17)26-23(24)20-9-8-19-16-22(25-14-4-2)13-10-18(19)15-20/h6-7,11-12,18-20,22H,3-5,8-10,13-16H2,1-2H3. The Morgan fingerprint density at radius 1 is 0.962 bits per heavy atom. The summed E-state index contributed by atoms with van der Waals surface area (Å²) >= 11 is 0. The van der Waals surface area contributed by atoms with Crippen LogP contribution in [0.4, 0.5) is 0 Å². The Morgan fingerprint density at radius 2 is 1.69 bits per heavy atom. The van der Waals surface area contributed by atoms with Crippen molar-refractivity contribution in [3.8, 4) is 5.75 Å². The molecule has 2 fully saturated rings. The van der Waals surface area contributed by atoms with E-state index in [-0.39, 0.29) is 11.9 Å². The highest BCUT2D eigenvalue weighted by Crippen LogP contribution is 2.43. The van der Waals surface area contributed by atoms with Gasteiger partial charge in [-0.3, -0.25) is 4.79 Å². The van der Waals surface area contributed by atoms with E-state index >= 15 is 0 Å². The fraction of sp³-hybridized carbons (Fsp3) is 0.696. The summed E-state index contributed by atoms with van der Waals surface area (Å²) in [5.41, 5.74) is 1.30. The topological polar surface area (TPSA) is 35.5 Å². The summed E-state index contributed by atoms with van der Waals surface area (Å²) in [6, 6.07) is 8.01. The molecule has 0 amide bonds. The number of hydrogen-bond acceptors (Lipinski definition) is 3. The van der Waals surface area contributed by atoms with Crippen LogP contribution in [0.3, 0.4) is 0 Å². The normalized spacial score (nSPS) is 28.4. The lowest BCUT2D eigenvalue weighted by Crippen LogP contribution is -2.37. The van der Waals surface area contributed by atoms with Crippen LogP contribution in [0.5, 0.6) is 5.75 Å². The number of benzene rings is 1. The third-order valence-corrected chi connectivity index (χ3v) is 6.14. The van der Waals surface area contributed by atoms with E-state index in [0.717, 1.165) is 57.5 Å². The first-order chi connectivity index (χ1) is 12.7. The molecule has 3 heteroatoms. The van der Waals surface area contributed by atoms with Crippen LogP contribution in [0.25, 0.3) is 0 Å². The maximum absolute atomic E-state index is 12.6. The maximum atomic E-state index is 12.6. The van der Waals surface area contributed by atoms with Crippen LogP contribution in [0.2, 0.25) is 0 Å². The molecule has 0 bridgehead atoms. The Balaban J connectivity index is 1.48. The molecule has 0 N–H and O–H groups in total. The molecule has 26 heavy (non-hydrogen) atoms. The molecule has 4 atom stereocenters. The third kappa shape index (κ3) is 5.09. The van der Waals surface area contributed by atoms with Crippen molar-refractivity contribution in [3.05, 3.63) is 29.8 Å². The summed E-state index contributed by atoms with van der Waals surface area (Å²) in [5.74, 6) is 2.14. The van der Waals surface area contributed by atoms with Gasteiger partial charge in [-0.2, -0.15) is 0 Å². The predicted octanol–water partition coefficient (Wildman–Crippen LogP) is 5.56. The fourth-order valence-electron chi connectivity index (χ4n) is 4.71. The molecule has 0 aliphatic heterocycles. The number of hydrogen-bond donors (Lipinski definition) is 0. The lowest BCUT2D eigenvalue weighted by molar-refractivity contribution is -0.141. The van der Waals surface area contributed by atoms with Crippen molar-refractivity contribution in [1.29, 1.82) is 0 Å². The molecule has 3 nitrogen and oxygen atoms in total. The molecule has 3 rings (SSSR count). The first-order valence-electron chi connectivity index (χ1n) is 10.6. The molecule has 4 unspecified atom stereocenters. The number of aryl methyl sites for hydroxylation is 1. The van der Waals surface area contributed by atoms with E-state index in [0.29, 0.717) is 17.8 Å². The van der Waals surface area contributed by atoms with Gasteiger partial charge in [0.25, 0.3) is 0 Å². The first-order valence-corrected chi connectivity index (χ1v) is 10.6. The minimum absolute atomic E-state index is 0.0314. The SMILES string of the molecule is CCCOC1CCC2CC(C(=O)Oc3ccc(CCC)cc3)CCC2C1. The van der Waals surface area contributed by atoms with Crippen LogP contribution in [0, 0.1) is 17.8 Å². The van der Waals surface area contributed by atoms with Crippen LogP contribution in [0.1, 0.15) is 70.8 Å². The zero-order valence-corrected chi connectivity index (χ0v) is 16.4. The van der Waals surface area contributed by atoms with E-state index < -0.39 is 0 Å². The molecule has 2 saturated carbocycles. The monoisotopic (exact) mass is 358 g/mol. The van der Waals surface area contributed by atoms with Gasteiger partial charge < -0.3 is 9.47 Å². The molecule has 0 aromatic heterocycles. The number of esters is 1. The Bertz CT molecular complexity index is 565. The van der Waals surface area contributed by atoms with E-state index in [2.05, 4.69) is 26.0 Å². The lowest BCUT2D eigenvalue weighted by Gasteiger charge is -2.41. The van der Waals surface area contributed by atoms with Gasteiger partial charge in [0.2, 0.25) is 0 Å². The second kappa shape index (κ2) is 9.55. The zero-order chi connectivity index (χ0) is 18.4. The molecule has 2 aliphatic rings. The molecule has 1 aromatic rings. The van der Waals surface area contributed by atoms with E-state index in [1.807, 2.05) is 12.1 Å². The summed E-state index contributed by atoms with van der Waals surface area (Å²) in [6.07, 6.45) is 10.4. The molecule has 0 saturated heterocycles. The summed E-state index contributed by atoms with van der Waals surface area (Å²) in [4.78, 5) is 12.6. The second-order valence-corrected chi connectivity index (χ2v) is 8.15. The molecular weight excluding hydrogens is 324 g/mol. The molecule has 1 aromatic carbocycles. The average Bonchev–Trinajstić information content (AvgIpc) is 2.67. The Labute approximate surface area is 158 Å². The molecule has 144 valence electrons. The minimum Gasteiger partial charge on any atom is -0.426 e. The van der Waals surface area contributed by atoms with Gasteiger partial charge in [0.1, 0.15) is 5.75 Å². The number of carbonyl (C=O) groups is 1. The number of fused-ring (bicyclic) bond motifs is 1.